The first kappa shape index (κ1) is 27.0. The predicted molar refractivity (Wildman–Crippen MR) is 159 cm³/mol. The molecule has 0 saturated carbocycles. The Labute approximate surface area is 242 Å². The van der Waals surface area contributed by atoms with Gasteiger partial charge >= 0.3 is 0 Å². The fourth-order valence-electron chi connectivity index (χ4n) is 5.11. The topological polar surface area (TPSA) is 90.7 Å². The summed E-state index contributed by atoms with van der Waals surface area (Å²) in [5.74, 6) is 0.682. The van der Waals surface area contributed by atoms with Crippen molar-refractivity contribution in [1.82, 2.24) is 14.5 Å². The minimum Gasteiger partial charge on any atom is -0.490 e. The molecule has 6 rings (SSSR count). The molecule has 0 spiro atoms. The lowest BCUT2D eigenvalue weighted by Crippen LogP contribution is -2.33. The minimum atomic E-state index is -0.416. The summed E-state index contributed by atoms with van der Waals surface area (Å²) >= 11 is 0. The van der Waals surface area contributed by atoms with E-state index in [4.69, 9.17) is 14.5 Å². The van der Waals surface area contributed by atoms with Crippen LogP contribution >= 0.6 is 0 Å². The molecule has 42 heavy (non-hydrogen) atoms. The number of aromatic nitrogens is 2. The monoisotopic (exact) mass is 559 g/mol. The predicted octanol–water partition coefficient (Wildman–Crippen LogP) is 5.59. The Kier molecular flexibility index (Phi) is 7.27. The van der Waals surface area contributed by atoms with Crippen molar-refractivity contribution in [3.63, 3.8) is 0 Å². The molecule has 0 fully saturated rings. The van der Waals surface area contributed by atoms with Gasteiger partial charge in [0.05, 0.1) is 33.8 Å². The van der Waals surface area contributed by atoms with E-state index in [-0.39, 0.29) is 36.1 Å². The molecule has 2 amide bonds. The molecule has 1 aliphatic rings. The summed E-state index contributed by atoms with van der Waals surface area (Å²) in [6.07, 6.45) is 0.0258. The second kappa shape index (κ2) is 11.3. The SMILES string of the molecule is CC(C)Oc1cccc2c1C(=O)N(CCc1nc3ccccc3c(=O)n1-c1ccc(OCc3ccccc3)cc1)C2=O. The van der Waals surface area contributed by atoms with E-state index >= 15 is 0 Å². The van der Waals surface area contributed by atoms with E-state index in [1.54, 1.807) is 48.5 Å². The van der Waals surface area contributed by atoms with Crippen LogP contribution in [0.2, 0.25) is 0 Å². The number of nitrogens with zero attached hydrogens (tertiary/aromatic N) is 3. The number of imide groups is 1. The summed E-state index contributed by atoms with van der Waals surface area (Å²) in [6.45, 7) is 4.21. The molecule has 0 aliphatic carbocycles. The van der Waals surface area contributed by atoms with Crippen LogP contribution in [0.1, 0.15) is 46.0 Å². The molecule has 5 aromatic rings. The van der Waals surface area contributed by atoms with Crippen LogP contribution in [0.3, 0.4) is 0 Å². The molecule has 2 heterocycles. The van der Waals surface area contributed by atoms with E-state index in [2.05, 4.69) is 0 Å². The quantitative estimate of drug-likeness (QED) is 0.219. The summed E-state index contributed by atoms with van der Waals surface area (Å²) in [5, 5.41) is 0.474. The fraction of sp³-hybridized carbons (Fsp3) is 0.176. The van der Waals surface area contributed by atoms with Crippen molar-refractivity contribution in [3.8, 4) is 17.2 Å². The molecule has 1 aliphatic heterocycles. The zero-order chi connectivity index (χ0) is 29.2. The van der Waals surface area contributed by atoms with Crippen molar-refractivity contribution in [1.29, 1.82) is 0 Å². The molecule has 8 nitrogen and oxygen atoms in total. The number of ether oxygens (including phenoxy) is 2. The molecule has 210 valence electrons. The van der Waals surface area contributed by atoms with Gasteiger partial charge in [0.25, 0.3) is 17.4 Å². The van der Waals surface area contributed by atoms with Crippen LogP contribution in [0, 0.1) is 0 Å². The fourth-order valence-corrected chi connectivity index (χ4v) is 5.11. The highest BCUT2D eigenvalue weighted by molar-refractivity contribution is 6.22. The summed E-state index contributed by atoms with van der Waals surface area (Å²) in [4.78, 5) is 46.3. The Morgan fingerprint density at radius 2 is 1.52 bits per heavy atom. The molecule has 8 heteroatoms. The third kappa shape index (κ3) is 5.14. The van der Waals surface area contributed by atoms with Crippen LogP contribution < -0.4 is 15.0 Å². The van der Waals surface area contributed by atoms with E-state index in [0.717, 1.165) is 5.56 Å². The van der Waals surface area contributed by atoms with E-state index in [0.29, 0.717) is 46.1 Å². The highest BCUT2D eigenvalue weighted by Crippen LogP contribution is 2.32. The maximum atomic E-state index is 13.7. The third-order valence-electron chi connectivity index (χ3n) is 7.07. The summed E-state index contributed by atoms with van der Waals surface area (Å²) in [7, 11) is 0. The number of carbonyl (C=O) groups is 2. The lowest BCUT2D eigenvalue weighted by Gasteiger charge is -2.18. The number of rotatable bonds is 9. The Bertz CT molecular complexity index is 1850. The second-order valence-electron chi connectivity index (χ2n) is 10.3. The average molecular weight is 560 g/mol. The first-order valence-corrected chi connectivity index (χ1v) is 13.8. The number of carbonyl (C=O) groups excluding carboxylic acids is 2. The standard InChI is InChI=1S/C34H29N3O5/c1-22(2)42-29-14-8-12-27-31(29)34(40)36(32(27)38)20-19-30-35-28-13-7-6-11-26(28)33(39)37(30)24-15-17-25(18-16-24)41-21-23-9-4-3-5-10-23/h3-18,22H,19-21H2,1-2H3. The molecule has 0 saturated heterocycles. The molecule has 0 N–H and O–H groups in total. The molecule has 0 unspecified atom stereocenters. The Morgan fingerprint density at radius 1 is 0.786 bits per heavy atom. The van der Waals surface area contributed by atoms with Gasteiger partial charge < -0.3 is 9.47 Å². The number of para-hydroxylation sites is 1. The smallest absolute Gasteiger partial charge is 0.265 e. The summed E-state index contributed by atoms with van der Waals surface area (Å²) in [5.41, 5.74) is 2.56. The van der Waals surface area contributed by atoms with Gasteiger partial charge in [0.1, 0.15) is 23.9 Å². The van der Waals surface area contributed by atoms with Gasteiger partial charge in [-0.3, -0.25) is 23.9 Å². The Balaban J connectivity index is 1.29. The molecule has 0 bridgehead atoms. The average Bonchev–Trinajstić information content (AvgIpc) is 3.25. The normalized spacial score (nSPS) is 12.7. The van der Waals surface area contributed by atoms with Crippen LogP contribution in [0.15, 0.2) is 102 Å². The van der Waals surface area contributed by atoms with Crippen molar-refractivity contribution in [3.05, 3.63) is 130 Å². The first-order valence-electron chi connectivity index (χ1n) is 13.8. The number of fused-ring (bicyclic) bond motifs is 2. The van der Waals surface area contributed by atoms with Crippen LogP contribution in [0.25, 0.3) is 16.6 Å². The number of hydrogen-bond acceptors (Lipinski definition) is 6. The van der Waals surface area contributed by atoms with Gasteiger partial charge in [0, 0.05) is 13.0 Å². The van der Waals surface area contributed by atoms with E-state index in [9.17, 15) is 14.4 Å². The molecule has 4 aromatic carbocycles. The van der Waals surface area contributed by atoms with Crippen molar-refractivity contribution >= 4 is 22.7 Å². The molecular formula is C34H29N3O5. The molecule has 0 radical (unpaired) electrons. The Morgan fingerprint density at radius 3 is 2.29 bits per heavy atom. The number of amides is 2. The van der Waals surface area contributed by atoms with Crippen molar-refractivity contribution in [2.75, 3.05) is 6.54 Å². The zero-order valence-corrected chi connectivity index (χ0v) is 23.3. The highest BCUT2D eigenvalue weighted by atomic mass is 16.5. The van der Waals surface area contributed by atoms with Gasteiger partial charge in [-0.15, -0.1) is 0 Å². The largest absolute Gasteiger partial charge is 0.490 e. The van der Waals surface area contributed by atoms with Crippen LogP contribution in [0.4, 0.5) is 0 Å². The maximum Gasteiger partial charge on any atom is 0.265 e. The first-order chi connectivity index (χ1) is 20.4. The molecule has 0 atom stereocenters. The van der Waals surface area contributed by atoms with Gasteiger partial charge in [-0.25, -0.2) is 4.98 Å². The van der Waals surface area contributed by atoms with Crippen molar-refractivity contribution < 1.29 is 19.1 Å². The van der Waals surface area contributed by atoms with Crippen LogP contribution in [-0.2, 0) is 13.0 Å². The second-order valence-corrected chi connectivity index (χ2v) is 10.3. The van der Waals surface area contributed by atoms with E-state index < -0.39 is 5.91 Å². The molecule has 1 aromatic heterocycles. The van der Waals surface area contributed by atoms with E-state index in [1.165, 1.54) is 9.47 Å². The lowest BCUT2D eigenvalue weighted by atomic mass is 10.1. The minimum absolute atomic E-state index is 0.0521. The Hall–Kier alpha value is -5.24. The van der Waals surface area contributed by atoms with Gasteiger partial charge in [-0.05, 0) is 67.9 Å². The van der Waals surface area contributed by atoms with E-state index in [1.807, 2.05) is 62.4 Å². The maximum absolute atomic E-state index is 13.7. The van der Waals surface area contributed by atoms with Crippen molar-refractivity contribution in [2.24, 2.45) is 0 Å². The lowest BCUT2D eigenvalue weighted by molar-refractivity contribution is 0.0654. The van der Waals surface area contributed by atoms with Gasteiger partial charge in [-0.1, -0.05) is 48.5 Å². The number of benzene rings is 4. The zero-order valence-electron chi connectivity index (χ0n) is 23.3. The third-order valence-corrected chi connectivity index (χ3v) is 7.07. The van der Waals surface area contributed by atoms with Gasteiger partial charge in [0.15, 0.2) is 0 Å². The van der Waals surface area contributed by atoms with Crippen LogP contribution in [-0.4, -0.2) is 38.9 Å². The summed E-state index contributed by atoms with van der Waals surface area (Å²) in [6, 6.07) is 29.3. The van der Waals surface area contributed by atoms with Crippen molar-refractivity contribution in [2.45, 2.75) is 33.0 Å². The van der Waals surface area contributed by atoms with Crippen LogP contribution in [0.5, 0.6) is 11.5 Å². The van der Waals surface area contributed by atoms with Gasteiger partial charge in [-0.2, -0.15) is 0 Å². The van der Waals surface area contributed by atoms with Gasteiger partial charge in [0.2, 0.25) is 0 Å². The summed E-state index contributed by atoms with van der Waals surface area (Å²) < 4.78 is 13.3. The highest BCUT2D eigenvalue weighted by Gasteiger charge is 2.38. The molecular weight excluding hydrogens is 530 g/mol. The number of hydrogen-bond donors (Lipinski definition) is 0.